The van der Waals surface area contributed by atoms with Crippen LogP contribution in [0, 0.1) is 0 Å². The normalized spacial score (nSPS) is 30.4. The Hall–Kier alpha value is -1.62. The van der Waals surface area contributed by atoms with Crippen LogP contribution in [0.2, 0.25) is 0 Å². The van der Waals surface area contributed by atoms with Gasteiger partial charge < -0.3 is 45.2 Å². The van der Waals surface area contributed by atoms with Crippen molar-refractivity contribution in [2.45, 2.75) is 43.5 Å². The Morgan fingerprint density at radius 2 is 1.58 bits per heavy atom. The molecule has 136 valence electrons. The molecule has 0 spiro atoms. The molecule has 24 heavy (non-hydrogen) atoms. The molecule has 0 saturated carbocycles. The highest BCUT2D eigenvalue weighted by Gasteiger charge is 2.43. The zero-order valence-corrected chi connectivity index (χ0v) is 12.8. The summed E-state index contributed by atoms with van der Waals surface area (Å²) in [5.74, 6) is -1.45. The number of phenolic OH excluding ortho intramolecular Hbond substituents is 3. The molecule has 5 unspecified atom stereocenters. The van der Waals surface area contributed by atoms with E-state index in [9.17, 15) is 30.6 Å². The van der Waals surface area contributed by atoms with Crippen molar-refractivity contribution in [1.29, 1.82) is 0 Å². The molecule has 0 bridgehead atoms. The predicted octanol–water partition coefficient (Wildman–Crippen LogP) is -1.45. The number of hydrogen-bond donors (Lipinski definition) is 7. The van der Waals surface area contributed by atoms with Gasteiger partial charge in [0.25, 0.3) is 0 Å². The number of hydrogen-bond acceptors (Lipinski definition) is 9. The van der Waals surface area contributed by atoms with E-state index < -0.39 is 54.6 Å². The molecule has 9 heteroatoms. The summed E-state index contributed by atoms with van der Waals surface area (Å²) in [6.07, 6.45) is -5.77. The van der Waals surface area contributed by atoms with Crippen molar-refractivity contribution >= 4 is 0 Å². The van der Waals surface area contributed by atoms with Gasteiger partial charge in [0.15, 0.2) is 23.5 Å². The van der Waals surface area contributed by atoms with Crippen molar-refractivity contribution in [3.05, 3.63) is 17.7 Å². The number of aryl methyl sites for hydroxylation is 1. The van der Waals surface area contributed by atoms with Crippen molar-refractivity contribution in [2.75, 3.05) is 13.2 Å². The fourth-order valence-electron chi connectivity index (χ4n) is 2.49. The second kappa shape index (κ2) is 7.97. The van der Waals surface area contributed by atoms with E-state index in [2.05, 4.69) is 0 Å². The maximum absolute atomic E-state index is 9.81. The van der Waals surface area contributed by atoms with E-state index in [1.54, 1.807) is 0 Å². The van der Waals surface area contributed by atoms with Crippen LogP contribution in [0.4, 0.5) is 0 Å². The van der Waals surface area contributed by atoms with Crippen LogP contribution in [-0.2, 0) is 15.9 Å². The Balaban J connectivity index is 1.83. The number of aliphatic hydroxyl groups is 4. The quantitative estimate of drug-likeness (QED) is 0.241. The Bertz CT molecular complexity index is 525. The number of benzene rings is 1. The summed E-state index contributed by atoms with van der Waals surface area (Å²) in [5.41, 5.74) is 0.570. The van der Waals surface area contributed by atoms with Gasteiger partial charge in [0, 0.05) is 0 Å². The average Bonchev–Trinajstić information content (AvgIpc) is 2.56. The first-order chi connectivity index (χ1) is 11.3. The number of aromatic hydroxyl groups is 3. The summed E-state index contributed by atoms with van der Waals surface area (Å²) in [6, 6.07) is 2.62. The third kappa shape index (κ3) is 4.07. The van der Waals surface area contributed by atoms with Crippen LogP contribution in [0.3, 0.4) is 0 Å². The van der Waals surface area contributed by atoms with E-state index in [0.29, 0.717) is 18.4 Å². The number of ether oxygens (including phenoxy) is 2. The second-order valence-electron chi connectivity index (χ2n) is 5.65. The first kappa shape index (κ1) is 18.7. The lowest BCUT2D eigenvalue weighted by Crippen LogP contribution is -2.59. The molecule has 1 aliphatic rings. The van der Waals surface area contributed by atoms with Gasteiger partial charge in [-0.1, -0.05) is 0 Å². The van der Waals surface area contributed by atoms with Crippen LogP contribution in [0.15, 0.2) is 12.1 Å². The van der Waals surface area contributed by atoms with E-state index >= 15 is 0 Å². The Morgan fingerprint density at radius 3 is 2.17 bits per heavy atom. The molecule has 1 saturated heterocycles. The van der Waals surface area contributed by atoms with Gasteiger partial charge in [0.1, 0.15) is 24.4 Å². The zero-order valence-electron chi connectivity index (χ0n) is 12.8. The standard InChI is InChI=1S/C15H22O9/c16-6-10-12(20)13(21)14(22)15(24-10)23-3-1-2-7-4-8(17)11(19)9(18)5-7/h4-5,10,12-22H,1-3,6H2. The minimum Gasteiger partial charge on any atom is -0.504 e. The van der Waals surface area contributed by atoms with Crippen molar-refractivity contribution in [1.82, 2.24) is 0 Å². The van der Waals surface area contributed by atoms with Gasteiger partial charge in [-0.3, -0.25) is 0 Å². The lowest BCUT2D eigenvalue weighted by atomic mass is 9.99. The highest BCUT2D eigenvalue weighted by molar-refractivity contribution is 5.51. The zero-order chi connectivity index (χ0) is 17.9. The highest BCUT2D eigenvalue weighted by atomic mass is 16.7. The van der Waals surface area contributed by atoms with Crippen LogP contribution in [-0.4, -0.2) is 79.7 Å². The lowest BCUT2D eigenvalue weighted by molar-refractivity contribution is -0.301. The summed E-state index contributed by atoms with van der Waals surface area (Å²) in [7, 11) is 0. The molecule has 1 aromatic rings. The van der Waals surface area contributed by atoms with E-state index in [1.165, 1.54) is 12.1 Å². The van der Waals surface area contributed by atoms with Gasteiger partial charge in [0.05, 0.1) is 13.2 Å². The minimum absolute atomic E-state index is 0.116. The summed E-state index contributed by atoms with van der Waals surface area (Å²) in [5, 5.41) is 66.3. The summed E-state index contributed by atoms with van der Waals surface area (Å²) >= 11 is 0. The molecule has 1 aromatic carbocycles. The van der Waals surface area contributed by atoms with Gasteiger partial charge in [-0.15, -0.1) is 0 Å². The molecule has 0 amide bonds. The Kier molecular flexibility index (Phi) is 6.21. The van der Waals surface area contributed by atoms with Crippen LogP contribution in [0.5, 0.6) is 17.2 Å². The Labute approximate surface area is 137 Å². The van der Waals surface area contributed by atoms with E-state index in [1.807, 2.05) is 0 Å². The molecule has 0 radical (unpaired) electrons. The molecule has 7 N–H and O–H groups in total. The molecule has 1 aliphatic heterocycles. The van der Waals surface area contributed by atoms with Gasteiger partial charge in [-0.25, -0.2) is 0 Å². The van der Waals surface area contributed by atoms with Crippen LogP contribution in [0.1, 0.15) is 12.0 Å². The number of rotatable bonds is 6. The molecule has 1 fully saturated rings. The molecular formula is C15H22O9. The van der Waals surface area contributed by atoms with Crippen LogP contribution >= 0.6 is 0 Å². The maximum atomic E-state index is 9.81. The van der Waals surface area contributed by atoms with Gasteiger partial charge in [-0.05, 0) is 30.5 Å². The van der Waals surface area contributed by atoms with E-state index in [-0.39, 0.29) is 6.61 Å². The SMILES string of the molecule is OCC1OC(OCCCc2cc(O)c(O)c(O)c2)C(O)C(O)C1O. The first-order valence-electron chi connectivity index (χ1n) is 7.51. The van der Waals surface area contributed by atoms with Crippen molar-refractivity contribution in [2.24, 2.45) is 0 Å². The fraction of sp³-hybridized carbons (Fsp3) is 0.600. The van der Waals surface area contributed by atoms with Gasteiger partial charge in [-0.2, -0.15) is 0 Å². The average molecular weight is 346 g/mol. The molecule has 9 nitrogen and oxygen atoms in total. The summed E-state index contributed by atoms with van der Waals surface area (Å²) in [6.45, 7) is -0.415. The number of phenols is 3. The topological polar surface area (TPSA) is 160 Å². The number of aliphatic hydroxyl groups excluding tert-OH is 4. The fourth-order valence-corrected chi connectivity index (χ4v) is 2.49. The summed E-state index contributed by atoms with van der Waals surface area (Å²) < 4.78 is 10.5. The maximum Gasteiger partial charge on any atom is 0.200 e. The van der Waals surface area contributed by atoms with Gasteiger partial charge in [0.2, 0.25) is 0 Å². The third-order valence-electron chi connectivity index (χ3n) is 3.87. The molecule has 2 rings (SSSR count). The molecule has 1 heterocycles. The predicted molar refractivity (Wildman–Crippen MR) is 79.5 cm³/mol. The largest absolute Gasteiger partial charge is 0.504 e. The molecule has 0 aliphatic carbocycles. The lowest BCUT2D eigenvalue weighted by Gasteiger charge is -2.39. The van der Waals surface area contributed by atoms with E-state index in [0.717, 1.165) is 0 Å². The second-order valence-corrected chi connectivity index (χ2v) is 5.65. The van der Waals surface area contributed by atoms with Crippen molar-refractivity contribution in [3.8, 4) is 17.2 Å². The van der Waals surface area contributed by atoms with E-state index in [4.69, 9.17) is 14.6 Å². The van der Waals surface area contributed by atoms with Crippen LogP contribution in [0.25, 0.3) is 0 Å². The monoisotopic (exact) mass is 346 g/mol. The first-order valence-corrected chi connectivity index (χ1v) is 7.51. The third-order valence-corrected chi connectivity index (χ3v) is 3.87. The molecule has 0 aromatic heterocycles. The highest BCUT2D eigenvalue weighted by Crippen LogP contribution is 2.35. The minimum atomic E-state index is -1.49. The molecular weight excluding hydrogens is 324 g/mol. The molecule has 5 atom stereocenters. The van der Waals surface area contributed by atoms with Crippen LogP contribution < -0.4 is 0 Å². The van der Waals surface area contributed by atoms with Crippen molar-refractivity contribution in [3.63, 3.8) is 0 Å². The van der Waals surface area contributed by atoms with Crippen molar-refractivity contribution < 1.29 is 45.2 Å². The Morgan fingerprint density at radius 1 is 0.958 bits per heavy atom. The van der Waals surface area contributed by atoms with Gasteiger partial charge >= 0.3 is 0 Å². The smallest absolute Gasteiger partial charge is 0.200 e. The summed E-state index contributed by atoms with van der Waals surface area (Å²) in [4.78, 5) is 0.